The molecule has 2 atom stereocenters. The molecule has 14 heteroatoms. The van der Waals surface area contributed by atoms with Crippen molar-refractivity contribution in [3.63, 3.8) is 0 Å². The van der Waals surface area contributed by atoms with E-state index in [0.717, 1.165) is 10.5 Å². The molecule has 0 aromatic carbocycles. The Morgan fingerprint density at radius 3 is 2.36 bits per heavy atom. The zero-order valence-electron chi connectivity index (χ0n) is 19.7. The Bertz CT molecular complexity index is 1120. The zero-order chi connectivity index (χ0) is 26.7. The van der Waals surface area contributed by atoms with Gasteiger partial charge in [-0.25, -0.2) is 28.7 Å². The number of piperidine rings is 1. The lowest BCUT2D eigenvalue weighted by Gasteiger charge is -2.43. The molecule has 3 rings (SSSR count). The molecule has 1 aliphatic rings. The summed E-state index contributed by atoms with van der Waals surface area (Å²) >= 11 is 0. The van der Waals surface area contributed by atoms with Crippen LogP contribution in [0.4, 0.5) is 27.9 Å². The molecule has 1 fully saturated rings. The van der Waals surface area contributed by atoms with E-state index in [1.165, 1.54) is 25.5 Å². The van der Waals surface area contributed by atoms with Gasteiger partial charge < -0.3 is 15.5 Å². The van der Waals surface area contributed by atoms with Crippen LogP contribution in [0, 0.1) is 18.3 Å². The number of anilines is 1. The maximum absolute atomic E-state index is 14.5. The molecule has 0 radical (unpaired) electrons. The summed E-state index contributed by atoms with van der Waals surface area (Å²) in [4.78, 5) is 29.7. The second kappa shape index (κ2) is 10.5. The normalized spacial score (nSPS) is 20.1. The fourth-order valence-corrected chi connectivity index (χ4v) is 3.82. The molecule has 194 valence electrons. The Labute approximate surface area is 203 Å². The molecule has 2 aromatic heterocycles. The number of aromatic nitrogens is 4. The number of hydrogen-bond acceptors (Lipinski definition) is 8. The fourth-order valence-electron chi connectivity index (χ4n) is 3.82. The van der Waals surface area contributed by atoms with E-state index in [4.69, 9.17) is 5.41 Å². The maximum Gasteiger partial charge on any atom is 0.419 e. The highest BCUT2D eigenvalue weighted by Gasteiger charge is 2.47. The van der Waals surface area contributed by atoms with Gasteiger partial charge in [0.1, 0.15) is 5.71 Å². The van der Waals surface area contributed by atoms with Crippen LogP contribution in [0.5, 0.6) is 0 Å². The van der Waals surface area contributed by atoms with Crippen molar-refractivity contribution in [1.82, 2.24) is 30.2 Å². The van der Waals surface area contributed by atoms with Crippen molar-refractivity contribution in [2.45, 2.75) is 38.4 Å². The summed E-state index contributed by atoms with van der Waals surface area (Å²) in [6, 6.07) is -0.821. The summed E-state index contributed by atoms with van der Waals surface area (Å²) < 4.78 is 67.2. The number of hydrogen-bond donors (Lipinski definition) is 3. The summed E-state index contributed by atoms with van der Waals surface area (Å²) in [5.41, 5.74) is -0.858. The summed E-state index contributed by atoms with van der Waals surface area (Å²) in [5, 5.41) is 13.9. The largest absolute Gasteiger partial charge is 0.419 e. The van der Waals surface area contributed by atoms with Gasteiger partial charge in [0.25, 0.3) is 11.8 Å². The monoisotopic (exact) mass is 512 g/mol. The summed E-state index contributed by atoms with van der Waals surface area (Å²) in [7, 11) is 1.54. The van der Waals surface area contributed by atoms with Gasteiger partial charge in [0.2, 0.25) is 5.95 Å². The SMILES string of the molecule is CN/C=C(\C(=N)C(=O)N1CC(F)(F)CC(C)C1CNc1ncc(C(F)(F)F)cn1)c1ncc(C)cn1. The van der Waals surface area contributed by atoms with Crippen molar-refractivity contribution >= 4 is 23.1 Å². The van der Waals surface area contributed by atoms with Crippen LogP contribution in [0.25, 0.3) is 5.57 Å². The molecule has 36 heavy (non-hydrogen) atoms. The Balaban J connectivity index is 1.84. The van der Waals surface area contributed by atoms with Gasteiger partial charge in [0.15, 0.2) is 5.82 Å². The highest BCUT2D eigenvalue weighted by atomic mass is 19.4. The van der Waals surface area contributed by atoms with Crippen molar-refractivity contribution in [3.8, 4) is 0 Å². The molecule has 0 aliphatic carbocycles. The number of nitrogens with one attached hydrogen (secondary N) is 3. The van der Waals surface area contributed by atoms with Crippen LogP contribution in [0.1, 0.15) is 30.3 Å². The Kier molecular flexibility index (Phi) is 7.84. The van der Waals surface area contributed by atoms with E-state index in [9.17, 15) is 26.7 Å². The first-order valence-corrected chi connectivity index (χ1v) is 10.9. The molecular weight excluding hydrogens is 487 g/mol. The third kappa shape index (κ3) is 6.29. The van der Waals surface area contributed by atoms with Crippen LogP contribution in [0.2, 0.25) is 0 Å². The molecule has 3 N–H and O–H groups in total. The van der Waals surface area contributed by atoms with Gasteiger partial charge in [-0.3, -0.25) is 10.2 Å². The van der Waals surface area contributed by atoms with Crippen molar-refractivity contribution in [3.05, 3.63) is 47.9 Å². The standard InChI is InChI=1S/C22H25F5N8O/c1-12-5-30-18(31-6-12)15(9-29-3)17(28)19(36)35-11-21(23,24)4-13(2)16(35)10-34-20-32-7-14(8-33-20)22(25,26)27/h5-9,13,16,28-29H,4,10-11H2,1-3H3,(H,32,33,34)/b15-9+,28-17?. The molecule has 0 bridgehead atoms. The fraction of sp³-hybridized carbons (Fsp3) is 0.455. The predicted molar refractivity (Wildman–Crippen MR) is 121 cm³/mol. The first-order valence-electron chi connectivity index (χ1n) is 10.9. The molecule has 2 aromatic rings. The lowest BCUT2D eigenvalue weighted by molar-refractivity contribution is -0.145. The molecule has 9 nitrogen and oxygen atoms in total. The van der Waals surface area contributed by atoms with Crippen LogP contribution in [-0.2, 0) is 11.0 Å². The first-order chi connectivity index (χ1) is 16.8. The van der Waals surface area contributed by atoms with E-state index in [1.54, 1.807) is 14.0 Å². The number of carbonyl (C=O) groups is 1. The molecule has 0 spiro atoms. The van der Waals surface area contributed by atoms with E-state index in [-0.39, 0.29) is 23.9 Å². The highest BCUT2D eigenvalue weighted by Crippen LogP contribution is 2.35. The quantitative estimate of drug-likeness (QED) is 0.385. The van der Waals surface area contributed by atoms with Gasteiger partial charge in [0.05, 0.1) is 23.7 Å². The number of likely N-dealkylation sites (tertiary alicyclic amines) is 1. The number of rotatable bonds is 7. The first kappa shape index (κ1) is 26.9. The number of halogens is 5. The average Bonchev–Trinajstić information content (AvgIpc) is 2.80. The predicted octanol–water partition coefficient (Wildman–Crippen LogP) is 3.16. The molecule has 0 saturated carbocycles. The molecule has 1 saturated heterocycles. The summed E-state index contributed by atoms with van der Waals surface area (Å²) in [6.07, 6.45) is 0.413. The van der Waals surface area contributed by atoms with Gasteiger partial charge >= 0.3 is 6.18 Å². The van der Waals surface area contributed by atoms with Crippen LogP contribution in [-0.4, -0.2) is 68.6 Å². The third-order valence-corrected chi connectivity index (χ3v) is 5.58. The zero-order valence-corrected chi connectivity index (χ0v) is 19.7. The van der Waals surface area contributed by atoms with E-state index < -0.39 is 54.2 Å². The third-order valence-electron chi connectivity index (χ3n) is 5.58. The van der Waals surface area contributed by atoms with E-state index in [2.05, 4.69) is 30.6 Å². The van der Waals surface area contributed by atoms with Crippen LogP contribution in [0.15, 0.2) is 31.0 Å². The second-order valence-electron chi connectivity index (χ2n) is 8.52. The van der Waals surface area contributed by atoms with E-state index >= 15 is 0 Å². The topological polar surface area (TPSA) is 120 Å². The van der Waals surface area contributed by atoms with Crippen molar-refractivity contribution in [1.29, 1.82) is 5.41 Å². The summed E-state index contributed by atoms with van der Waals surface area (Å²) in [5.74, 6) is -4.95. The maximum atomic E-state index is 14.5. The van der Waals surface area contributed by atoms with Crippen molar-refractivity contribution in [2.24, 2.45) is 5.92 Å². The van der Waals surface area contributed by atoms with E-state index in [1.807, 2.05) is 0 Å². The molecule has 2 unspecified atom stereocenters. The van der Waals surface area contributed by atoms with Crippen LogP contribution < -0.4 is 10.6 Å². The molecule has 1 amide bonds. The molecule has 1 aliphatic heterocycles. The lowest BCUT2D eigenvalue weighted by atomic mass is 9.87. The average molecular weight is 512 g/mol. The van der Waals surface area contributed by atoms with Crippen LogP contribution >= 0.6 is 0 Å². The number of carbonyl (C=O) groups excluding carboxylic acids is 1. The summed E-state index contributed by atoms with van der Waals surface area (Å²) in [6.45, 7) is 2.25. The minimum absolute atomic E-state index is 0.0156. The molecule has 3 heterocycles. The van der Waals surface area contributed by atoms with Gasteiger partial charge in [-0.05, 0) is 18.4 Å². The number of aryl methyl sites for hydroxylation is 1. The second-order valence-corrected chi connectivity index (χ2v) is 8.52. The Morgan fingerprint density at radius 2 is 1.81 bits per heavy atom. The number of amides is 1. The van der Waals surface area contributed by atoms with Gasteiger partial charge in [0, 0.05) is 51.0 Å². The van der Waals surface area contributed by atoms with Crippen molar-refractivity contribution in [2.75, 3.05) is 25.5 Å². The number of nitrogens with zero attached hydrogens (tertiary/aromatic N) is 5. The van der Waals surface area contributed by atoms with Crippen molar-refractivity contribution < 1.29 is 26.7 Å². The minimum Gasteiger partial charge on any atom is -0.393 e. The smallest absolute Gasteiger partial charge is 0.393 e. The van der Waals surface area contributed by atoms with Gasteiger partial charge in [-0.1, -0.05) is 6.92 Å². The van der Waals surface area contributed by atoms with E-state index in [0.29, 0.717) is 12.4 Å². The highest BCUT2D eigenvalue weighted by molar-refractivity contribution is 6.54. The molecular formula is C22H25F5N8O. The van der Waals surface area contributed by atoms with Gasteiger partial charge in [-0.15, -0.1) is 0 Å². The van der Waals surface area contributed by atoms with Crippen LogP contribution in [0.3, 0.4) is 0 Å². The Hall–Kier alpha value is -3.71. The minimum atomic E-state index is -4.61. The lowest BCUT2D eigenvalue weighted by Crippen LogP contribution is -2.59. The Morgan fingerprint density at radius 1 is 1.19 bits per heavy atom. The van der Waals surface area contributed by atoms with Gasteiger partial charge in [-0.2, -0.15) is 13.2 Å². The number of alkyl halides is 5.